The second kappa shape index (κ2) is 6.06. The SMILES string of the molecule is CC#CC(=O)NCC(C)CC(=O)O. The molecule has 2 N–H and O–H groups in total. The van der Waals surface area contributed by atoms with Crippen molar-refractivity contribution in [1.82, 2.24) is 5.32 Å². The van der Waals surface area contributed by atoms with Crippen molar-refractivity contribution in [3.63, 3.8) is 0 Å². The van der Waals surface area contributed by atoms with Crippen LogP contribution in [0.1, 0.15) is 20.3 Å². The zero-order valence-corrected chi connectivity index (χ0v) is 7.76. The zero-order valence-electron chi connectivity index (χ0n) is 7.76. The summed E-state index contributed by atoms with van der Waals surface area (Å²) in [5.74, 6) is 3.47. The fourth-order valence-electron chi connectivity index (χ4n) is 0.795. The fraction of sp³-hybridized carbons (Fsp3) is 0.556. The van der Waals surface area contributed by atoms with Gasteiger partial charge in [0, 0.05) is 13.0 Å². The van der Waals surface area contributed by atoms with E-state index in [0.29, 0.717) is 6.54 Å². The lowest BCUT2D eigenvalue weighted by molar-refractivity contribution is -0.138. The highest BCUT2D eigenvalue weighted by Gasteiger charge is 2.07. The summed E-state index contributed by atoms with van der Waals surface area (Å²) in [6.07, 6.45) is 0.0554. The van der Waals surface area contributed by atoms with Gasteiger partial charge in [-0.2, -0.15) is 0 Å². The minimum absolute atomic E-state index is 0.0554. The normalized spacial score (nSPS) is 10.9. The maximum atomic E-state index is 10.8. The quantitative estimate of drug-likeness (QED) is 0.613. The van der Waals surface area contributed by atoms with E-state index in [1.807, 2.05) is 0 Å². The van der Waals surface area contributed by atoms with Gasteiger partial charge < -0.3 is 10.4 Å². The Morgan fingerprint density at radius 1 is 1.54 bits per heavy atom. The minimum Gasteiger partial charge on any atom is -0.481 e. The fourth-order valence-corrected chi connectivity index (χ4v) is 0.795. The Morgan fingerprint density at radius 3 is 2.62 bits per heavy atom. The molecule has 4 nitrogen and oxygen atoms in total. The van der Waals surface area contributed by atoms with E-state index in [4.69, 9.17) is 5.11 Å². The van der Waals surface area contributed by atoms with Crippen LogP contribution < -0.4 is 5.32 Å². The first-order chi connectivity index (χ1) is 6.06. The van der Waals surface area contributed by atoms with E-state index in [-0.39, 0.29) is 18.2 Å². The van der Waals surface area contributed by atoms with Gasteiger partial charge in [0.25, 0.3) is 5.91 Å². The molecule has 0 aromatic carbocycles. The van der Waals surface area contributed by atoms with Crippen LogP contribution in [-0.2, 0) is 9.59 Å². The van der Waals surface area contributed by atoms with Crippen molar-refractivity contribution >= 4 is 11.9 Å². The number of rotatable bonds is 4. The number of nitrogens with one attached hydrogen (secondary N) is 1. The Bertz CT molecular complexity index is 249. The zero-order chi connectivity index (χ0) is 10.3. The van der Waals surface area contributed by atoms with E-state index in [1.165, 1.54) is 0 Å². The molecular formula is C9H13NO3. The Kier molecular flexibility index (Phi) is 5.37. The van der Waals surface area contributed by atoms with Gasteiger partial charge >= 0.3 is 5.97 Å². The van der Waals surface area contributed by atoms with E-state index in [9.17, 15) is 9.59 Å². The molecule has 1 unspecified atom stereocenters. The molecule has 0 bridgehead atoms. The number of hydrogen-bond acceptors (Lipinski definition) is 2. The number of carbonyl (C=O) groups excluding carboxylic acids is 1. The molecule has 0 radical (unpaired) electrons. The second-order valence-electron chi connectivity index (χ2n) is 2.79. The van der Waals surface area contributed by atoms with E-state index < -0.39 is 5.97 Å². The summed E-state index contributed by atoms with van der Waals surface area (Å²) < 4.78 is 0. The molecule has 0 aromatic heterocycles. The van der Waals surface area contributed by atoms with Gasteiger partial charge in [0.1, 0.15) is 0 Å². The van der Waals surface area contributed by atoms with Gasteiger partial charge in [0.2, 0.25) is 0 Å². The van der Waals surface area contributed by atoms with Crippen LogP contribution in [0.5, 0.6) is 0 Å². The maximum absolute atomic E-state index is 10.8. The molecule has 0 aromatic rings. The number of amides is 1. The predicted molar refractivity (Wildman–Crippen MR) is 47.9 cm³/mol. The van der Waals surface area contributed by atoms with Crippen molar-refractivity contribution in [3.05, 3.63) is 0 Å². The van der Waals surface area contributed by atoms with Crippen LogP contribution in [0.25, 0.3) is 0 Å². The smallest absolute Gasteiger partial charge is 0.303 e. The van der Waals surface area contributed by atoms with E-state index >= 15 is 0 Å². The molecule has 0 saturated heterocycles. The largest absolute Gasteiger partial charge is 0.481 e. The summed E-state index contributed by atoms with van der Waals surface area (Å²) in [7, 11) is 0. The Labute approximate surface area is 77.3 Å². The standard InChI is InChI=1S/C9H13NO3/c1-3-4-8(11)10-6-7(2)5-9(12)13/h7H,5-6H2,1-2H3,(H,10,11)(H,12,13). The minimum atomic E-state index is -0.858. The third-order valence-corrected chi connectivity index (χ3v) is 1.37. The predicted octanol–water partition coefficient (Wildman–Crippen LogP) is 0.237. The van der Waals surface area contributed by atoms with Crippen molar-refractivity contribution in [3.8, 4) is 11.8 Å². The molecule has 0 aliphatic carbocycles. The molecule has 0 heterocycles. The highest BCUT2D eigenvalue weighted by molar-refractivity contribution is 5.93. The summed E-state index contributed by atoms with van der Waals surface area (Å²) in [5.41, 5.74) is 0. The van der Waals surface area contributed by atoms with Crippen LogP contribution in [0.4, 0.5) is 0 Å². The van der Waals surface area contributed by atoms with Crippen molar-refractivity contribution < 1.29 is 14.7 Å². The first-order valence-corrected chi connectivity index (χ1v) is 3.98. The number of carboxylic acid groups (broad SMARTS) is 1. The van der Waals surface area contributed by atoms with Crippen molar-refractivity contribution in [2.75, 3.05) is 6.54 Å². The van der Waals surface area contributed by atoms with Crippen LogP contribution >= 0.6 is 0 Å². The number of carboxylic acids is 1. The van der Waals surface area contributed by atoms with Gasteiger partial charge in [0.15, 0.2) is 0 Å². The van der Waals surface area contributed by atoms with Crippen LogP contribution in [0, 0.1) is 17.8 Å². The van der Waals surface area contributed by atoms with E-state index in [2.05, 4.69) is 17.2 Å². The lowest BCUT2D eigenvalue weighted by Crippen LogP contribution is -2.27. The van der Waals surface area contributed by atoms with Gasteiger partial charge in [-0.05, 0) is 18.8 Å². The first kappa shape index (κ1) is 11.5. The topological polar surface area (TPSA) is 66.4 Å². The molecular weight excluding hydrogens is 170 g/mol. The summed E-state index contributed by atoms with van der Waals surface area (Å²) in [6, 6.07) is 0. The second-order valence-corrected chi connectivity index (χ2v) is 2.79. The molecule has 1 amide bonds. The molecule has 4 heteroatoms. The van der Waals surface area contributed by atoms with Gasteiger partial charge in [-0.15, -0.1) is 0 Å². The van der Waals surface area contributed by atoms with Crippen LogP contribution in [-0.4, -0.2) is 23.5 Å². The average Bonchev–Trinajstić information content (AvgIpc) is 2.00. The van der Waals surface area contributed by atoms with Gasteiger partial charge in [-0.1, -0.05) is 12.8 Å². The molecule has 0 aliphatic heterocycles. The molecule has 0 saturated carbocycles. The molecule has 13 heavy (non-hydrogen) atoms. The molecule has 0 fully saturated rings. The van der Waals surface area contributed by atoms with E-state index in [1.54, 1.807) is 13.8 Å². The highest BCUT2D eigenvalue weighted by Crippen LogP contribution is 1.98. The summed E-state index contributed by atoms with van der Waals surface area (Å²) in [5, 5.41) is 10.9. The number of carbonyl (C=O) groups is 2. The number of hydrogen-bond donors (Lipinski definition) is 2. The van der Waals surface area contributed by atoms with Crippen LogP contribution in [0.2, 0.25) is 0 Å². The van der Waals surface area contributed by atoms with Crippen LogP contribution in [0.15, 0.2) is 0 Å². The Morgan fingerprint density at radius 2 is 2.15 bits per heavy atom. The summed E-state index contributed by atoms with van der Waals surface area (Å²) >= 11 is 0. The lowest BCUT2D eigenvalue weighted by Gasteiger charge is -2.07. The van der Waals surface area contributed by atoms with Crippen molar-refractivity contribution in [1.29, 1.82) is 0 Å². The summed E-state index contributed by atoms with van der Waals surface area (Å²) in [6.45, 7) is 3.67. The van der Waals surface area contributed by atoms with E-state index in [0.717, 1.165) is 0 Å². The summed E-state index contributed by atoms with van der Waals surface area (Å²) in [4.78, 5) is 21.0. The third kappa shape index (κ3) is 6.88. The molecule has 1 atom stereocenters. The number of aliphatic carboxylic acids is 1. The van der Waals surface area contributed by atoms with Gasteiger partial charge in [-0.25, -0.2) is 0 Å². The average molecular weight is 183 g/mol. The highest BCUT2D eigenvalue weighted by atomic mass is 16.4. The van der Waals surface area contributed by atoms with Gasteiger partial charge in [-0.3, -0.25) is 9.59 Å². The monoisotopic (exact) mass is 183 g/mol. The van der Waals surface area contributed by atoms with Crippen LogP contribution in [0.3, 0.4) is 0 Å². The third-order valence-electron chi connectivity index (χ3n) is 1.37. The molecule has 0 spiro atoms. The maximum Gasteiger partial charge on any atom is 0.303 e. The van der Waals surface area contributed by atoms with Crippen molar-refractivity contribution in [2.45, 2.75) is 20.3 Å². The first-order valence-electron chi connectivity index (χ1n) is 3.98. The van der Waals surface area contributed by atoms with Gasteiger partial charge in [0.05, 0.1) is 0 Å². The molecule has 0 aliphatic rings. The lowest BCUT2D eigenvalue weighted by atomic mass is 10.1. The Balaban J connectivity index is 3.67. The Hall–Kier alpha value is -1.50. The molecule has 72 valence electrons. The molecule has 0 rings (SSSR count). The van der Waals surface area contributed by atoms with Crippen molar-refractivity contribution in [2.24, 2.45) is 5.92 Å².